The van der Waals surface area contributed by atoms with Crippen molar-refractivity contribution in [3.8, 4) is 5.75 Å². The fraction of sp³-hybridized carbons (Fsp3) is 0.667. The molecule has 0 radical (unpaired) electrons. The highest BCUT2D eigenvalue weighted by Crippen LogP contribution is 2.16. The maximum Gasteiger partial charge on any atom is 0.193 e. The monoisotopic (exact) mass is 377 g/mol. The van der Waals surface area contributed by atoms with Crippen LogP contribution < -0.4 is 10.1 Å². The first-order chi connectivity index (χ1) is 13.1. The van der Waals surface area contributed by atoms with Crippen LogP contribution in [0.25, 0.3) is 0 Å². The molecule has 0 amide bonds. The van der Waals surface area contributed by atoms with Crippen LogP contribution >= 0.6 is 0 Å². The summed E-state index contributed by atoms with van der Waals surface area (Å²) < 4.78 is 17.1. The molecular formula is C21H35N3O3. The fourth-order valence-corrected chi connectivity index (χ4v) is 3.17. The maximum atomic E-state index is 5.90. The molecule has 0 saturated carbocycles. The van der Waals surface area contributed by atoms with E-state index in [1.807, 2.05) is 14.1 Å². The van der Waals surface area contributed by atoms with E-state index in [2.05, 4.69) is 47.3 Å². The summed E-state index contributed by atoms with van der Waals surface area (Å²) in [5, 5.41) is 3.39. The molecule has 152 valence electrons. The number of ether oxygens (including phenoxy) is 3. The van der Waals surface area contributed by atoms with Gasteiger partial charge in [0.25, 0.3) is 0 Å². The van der Waals surface area contributed by atoms with E-state index in [4.69, 9.17) is 14.2 Å². The summed E-state index contributed by atoms with van der Waals surface area (Å²) in [5.74, 6) is 1.80. The van der Waals surface area contributed by atoms with Gasteiger partial charge in [0.05, 0.1) is 12.6 Å². The molecule has 1 N–H and O–H groups in total. The average Bonchev–Trinajstić information content (AvgIpc) is 2.64. The Kier molecular flexibility index (Phi) is 9.42. The number of guanidine groups is 1. The molecule has 0 atom stereocenters. The molecule has 1 aromatic rings. The van der Waals surface area contributed by atoms with Crippen molar-refractivity contribution in [1.82, 2.24) is 10.2 Å². The van der Waals surface area contributed by atoms with Gasteiger partial charge in [-0.2, -0.15) is 0 Å². The summed E-state index contributed by atoms with van der Waals surface area (Å²) in [6.45, 7) is 8.83. The number of hydrogen-bond acceptors (Lipinski definition) is 4. The number of aryl methyl sites for hydroxylation is 2. The second-order valence-electron chi connectivity index (χ2n) is 7.10. The molecule has 0 bridgehead atoms. The lowest BCUT2D eigenvalue weighted by molar-refractivity contribution is -0.0320. The Bertz CT molecular complexity index is 566. The standard InChI is InChI=1S/C21H35N3O3/c1-17-14-18(2)16-20(15-17)27-13-9-24(4)21(22-3)23-8-5-10-26-19-6-11-25-12-7-19/h14-16,19H,5-13H2,1-4H3,(H,22,23). The molecule has 0 unspecified atom stereocenters. The van der Waals surface area contributed by atoms with Gasteiger partial charge in [0.15, 0.2) is 5.96 Å². The van der Waals surface area contributed by atoms with Crippen molar-refractivity contribution in [2.75, 3.05) is 53.6 Å². The van der Waals surface area contributed by atoms with E-state index < -0.39 is 0 Å². The SMILES string of the molecule is CN=C(NCCCOC1CCOCC1)N(C)CCOc1cc(C)cc(C)c1. The van der Waals surface area contributed by atoms with Crippen LogP contribution in [-0.2, 0) is 9.47 Å². The minimum Gasteiger partial charge on any atom is -0.492 e. The van der Waals surface area contributed by atoms with Crippen LogP contribution in [0.1, 0.15) is 30.4 Å². The first kappa shape index (κ1) is 21.5. The summed E-state index contributed by atoms with van der Waals surface area (Å²) in [6, 6.07) is 6.29. The molecule has 6 nitrogen and oxygen atoms in total. The molecular weight excluding hydrogens is 342 g/mol. The van der Waals surface area contributed by atoms with Gasteiger partial charge in [-0.3, -0.25) is 4.99 Å². The number of nitrogens with one attached hydrogen (secondary N) is 1. The van der Waals surface area contributed by atoms with Crippen LogP contribution in [0.15, 0.2) is 23.2 Å². The second-order valence-corrected chi connectivity index (χ2v) is 7.10. The lowest BCUT2D eigenvalue weighted by atomic mass is 10.1. The predicted octanol–water partition coefficient (Wildman–Crippen LogP) is 2.78. The molecule has 2 rings (SSSR count). The quantitative estimate of drug-likeness (QED) is 0.407. The average molecular weight is 378 g/mol. The molecule has 1 saturated heterocycles. The van der Waals surface area contributed by atoms with E-state index in [9.17, 15) is 0 Å². The Balaban J connectivity index is 1.60. The number of nitrogens with zero attached hydrogens (tertiary/aromatic N) is 2. The highest BCUT2D eigenvalue weighted by molar-refractivity contribution is 5.79. The smallest absolute Gasteiger partial charge is 0.193 e. The number of hydrogen-bond donors (Lipinski definition) is 1. The number of benzene rings is 1. The second kappa shape index (κ2) is 11.8. The normalized spacial score (nSPS) is 15.6. The van der Waals surface area contributed by atoms with Crippen molar-refractivity contribution >= 4 is 5.96 Å². The van der Waals surface area contributed by atoms with Crippen LogP contribution in [0.3, 0.4) is 0 Å². The summed E-state index contributed by atoms with van der Waals surface area (Å²) in [5.41, 5.74) is 2.44. The highest BCUT2D eigenvalue weighted by Gasteiger charge is 2.13. The molecule has 1 aromatic carbocycles. The fourth-order valence-electron chi connectivity index (χ4n) is 3.17. The Labute approximate surface area is 163 Å². The van der Waals surface area contributed by atoms with Gasteiger partial charge in [0, 0.05) is 40.5 Å². The molecule has 1 aliphatic heterocycles. The molecule has 1 fully saturated rings. The van der Waals surface area contributed by atoms with E-state index in [1.54, 1.807) is 0 Å². The maximum absolute atomic E-state index is 5.90. The molecule has 0 spiro atoms. The van der Waals surface area contributed by atoms with Crippen molar-refractivity contribution in [2.24, 2.45) is 4.99 Å². The molecule has 1 aliphatic rings. The third-order valence-corrected chi connectivity index (χ3v) is 4.59. The van der Waals surface area contributed by atoms with Gasteiger partial charge in [-0.25, -0.2) is 0 Å². The van der Waals surface area contributed by atoms with Gasteiger partial charge in [0.2, 0.25) is 0 Å². The topological polar surface area (TPSA) is 55.3 Å². The van der Waals surface area contributed by atoms with Crippen molar-refractivity contribution in [3.63, 3.8) is 0 Å². The Hall–Kier alpha value is -1.79. The Morgan fingerprint density at radius 3 is 2.56 bits per heavy atom. The van der Waals surface area contributed by atoms with E-state index >= 15 is 0 Å². The third-order valence-electron chi connectivity index (χ3n) is 4.59. The number of likely N-dealkylation sites (N-methyl/N-ethyl adjacent to an activating group) is 1. The van der Waals surface area contributed by atoms with Crippen molar-refractivity contribution in [2.45, 2.75) is 39.2 Å². The molecule has 0 aliphatic carbocycles. The summed E-state index contributed by atoms with van der Waals surface area (Å²) in [7, 11) is 3.83. The van der Waals surface area contributed by atoms with E-state index in [0.717, 1.165) is 63.9 Å². The van der Waals surface area contributed by atoms with Crippen molar-refractivity contribution in [1.29, 1.82) is 0 Å². The zero-order valence-corrected chi connectivity index (χ0v) is 17.3. The Morgan fingerprint density at radius 2 is 1.89 bits per heavy atom. The van der Waals surface area contributed by atoms with Crippen molar-refractivity contribution < 1.29 is 14.2 Å². The zero-order chi connectivity index (χ0) is 19.5. The first-order valence-corrected chi connectivity index (χ1v) is 9.90. The van der Waals surface area contributed by atoms with Crippen LogP contribution in [0, 0.1) is 13.8 Å². The summed E-state index contributed by atoms with van der Waals surface area (Å²) >= 11 is 0. The van der Waals surface area contributed by atoms with E-state index in [-0.39, 0.29) is 0 Å². The molecule has 1 heterocycles. The van der Waals surface area contributed by atoms with Gasteiger partial charge in [-0.1, -0.05) is 6.07 Å². The van der Waals surface area contributed by atoms with Crippen LogP contribution in [-0.4, -0.2) is 70.6 Å². The summed E-state index contributed by atoms with van der Waals surface area (Å²) in [6.07, 6.45) is 3.35. The zero-order valence-electron chi connectivity index (χ0n) is 17.3. The lowest BCUT2D eigenvalue weighted by Gasteiger charge is -2.23. The number of rotatable bonds is 9. The largest absolute Gasteiger partial charge is 0.492 e. The molecule has 6 heteroatoms. The van der Waals surface area contributed by atoms with Crippen molar-refractivity contribution in [3.05, 3.63) is 29.3 Å². The summed E-state index contributed by atoms with van der Waals surface area (Å²) in [4.78, 5) is 6.43. The molecule has 27 heavy (non-hydrogen) atoms. The van der Waals surface area contributed by atoms with Gasteiger partial charge in [-0.15, -0.1) is 0 Å². The Morgan fingerprint density at radius 1 is 1.19 bits per heavy atom. The minimum absolute atomic E-state index is 0.364. The molecule has 0 aromatic heterocycles. The van der Waals surface area contributed by atoms with Gasteiger partial charge < -0.3 is 24.4 Å². The minimum atomic E-state index is 0.364. The number of aliphatic imine (C=N–C) groups is 1. The van der Waals surface area contributed by atoms with E-state index in [1.165, 1.54) is 11.1 Å². The predicted molar refractivity (Wildman–Crippen MR) is 110 cm³/mol. The van der Waals surface area contributed by atoms with Crippen LogP contribution in [0.2, 0.25) is 0 Å². The van der Waals surface area contributed by atoms with Gasteiger partial charge in [-0.05, 0) is 56.4 Å². The third kappa shape index (κ3) is 8.18. The first-order valence-electron chi connectivity index (χ1n) is 9.90. The lowest BCUT2D eigenvalue weighted by Crippen LogP contribution is -2.41. The highest BCUT2D eigenvalue weighted by atomic mass is 16.5. The van der Waals surface area contributed by atoms with Gasteiger partial charge >= 0.3 is 0 Å². The van der Waals surface area contributed by atoms with Crippen LogP contribution in [0.4, 0.5) is 0 Å². The van der Waals surface area contributed by atoms with Crippen LogP contribution in [0.5, 0.6) is 5.75 Å². The van der Waals surface area contributed by atoms with Gasteiger partial charge in [0.1, 0.15) is 12.4 Å². The van der Waals surface area contributed by atoms with E-state index in [0.29, 0.717) is 12.7 Å².